The van der Waals surface area contributed by atoms with Crippen LogP contribution in [0.25, 0.3) is 5.65 Å². The molecule has 7 nitrogen and oxygen atoms in total. The molecule has 136 valence electrons. The number of nitrogens with zero attached hydrogens (tertiary/aromatic N) is 4. The van der Waals surface area contributed by atoms with Crippen LogP contribution in [0, 0.1) is 11.8 Å². The maximum absolute atomic E-state index is 12.8. The lowest BCUT2D eigenvalue weighted by molar-refractivity contribution is 0.437. The van der Waals surface area contributed by atoms with Crippen molar-refractivity contribution in [3.8, 4) is 0 Å². The third-order valence-corrected chi connectivity index (χ3v) is 7.80. The molecule has 2 aliphatic rings. The topological polar surface area (TPSA) is 79.6 Å². The van der Waals surface area contributed by atoms with E-state index < -0.39 is 10.0 Å². The van der Waals surface area contributed by atoms with Crippen molar-refractivity contribution in [1.82, 2.24) is 18.9 Å². The Morgan fingerprint density at radius 2 is 2.00 bits per heavy atom. The molecule has 1 unspecified atom stereocenters. The van der Waals surface area contributed by atoms with Gasteiger partial charge in [-0.3, -0.25) is 4.40 Å². The molecule has 0 amide bonds. The van der Waals surface area contributed by atoms with Gasteiger partial charge in [0, 0.05) is 25.3 Å². The normalized spacial score (nSPS) is 26.0. The van der Waals surface area contributed by atoms with E-state index in [9.17, 15) is 8.42 Å². The predicted molar refractivity (Wildman–Crippen MR) is 96.0 cm³/mol. The van der Waals surface area contributed by atoms with Gasteiger partial charge in [0.15, 0.2) is 5.65 Å². The number of hydrogen-bond acceptors (Lipinski definition) is 5. The molecule has 2 heterocycles. The first kappa shape index (κ1) is 16.8. The molecule has 2 saturated carbocycles. The van der Waals surface area contributed by atoms with Crippen LogP contribution in [0.5, 0.6) is 0 Å². The van der Waals surface area contributed by atoms with E-state index in [1.54, 1.807) is 22.7 Å². The number of rotatable bonds is 6. The Hall–Kier alpha value is -1.67. The Labute approximate surface area is 148 Å². The molecule has 0 aromatic carbocycles. The van der Waals surface area contributed by atoms with Gasteiger partial charge in [-0.2, -0.15) is 4.31 Å². The van der Waals surface area contributed by atoms with E-state index in [-0.39, 0.29) is 4.90 Å². The summed E-state index contributed by atoms with van der Waals surface area (Å²) in [4.78, 5) is 0.277. The minimum Gasteiger partial charge on any atom is -0.351 e. The van der Waals surface area contributed by atoms with Gasteiger partial charge in [-0.15, -0.1) is 10.2 Å². The van der Waals surface area contributed by atoms with Crippen molar-refractivity contribution < 1.29 is 8.42 Å². The Kier molecular flexibility index (Phi) is 4.19. The predicted octanol–water partition coefficient (Wildman–Crippen LogP) is 2.36. The zero-order chi connectivity index (χ0) is 17.6. The highest BCUT2D eigenvalue weighted by Crippen LogP contribution is 2.45. The highest BCUT2D eigenvalue weighted by Gasteiger charge is 2.40. The second kappa shape index (κ2) is 6.25. The summed E-state index contributed by atoms with van der Waals surface area (Å²) in [6.07, 6.45) is 6.74. The monoisotopic (exact) mass is 363 g/mol. The van der Waals surface area contributed by atoms with E-state index in [1.165, 1.54) is 30.0 Å². The minimum absolute atomic E-state index is 0.277. The zero-order valence-electron chi connectivity index (χ0n) is 14.7. The van der Waals surface area contributed by atoms with Crippen molar-refractivity contribution in [2.45, 2.75) is 50.5 Å². The van der Waals surface area contributed by atoms with E-state index in [2.05, 4.69) is 15.5 Å². The fourth-order valence-corrected chi connectivity index (χ4v) is 5.88. The summed E-state index contributed by atoms with van der Waals surface area (Å²) in [6, 6.07) is 3.75. The lowest BCUT2D eigenvalue weighted by Gasteiger charge is -2.23. The number of pyridine rings is 1. The molecular weight excluding hydrogens is 338 g/mol. The lowest BCUT2D eigenvalue weighted by Crippen LogP contribution is -2.31. The van der Waals surface area contributed by atoms with Crippen molar-refractivity contribution in [2.24, 2.45) is 11.8 Å². The Morgan fingerprint density at radius 1 is 1.20 bits per heavy atom. The molecule has 1 N–H and O–H groups in total. The summed E-state index contributed by atoms with van der Waals surface area (Å²) < 4.78 is 28.8. The number of nitrogens with one attached hydrogen (secondary N) is 1. The molecule has 3 atom stereocenters. The van der Waals surface area contributed by atoms with Crippen LogP contribution in [0.3, 0.4) is 0 Å². The zero-order valence-corrected chi connectivity index (χ0v) is 15.5. The van der Waals surface area contributed by atoms with Gasteiger partial charge in [0.25, 0.3) is 0 Å². The van der Waals surface area contributed by atoms with Crippen LogP contribution in [0.1, 0.15) is 39.5 Å². The van der Waals surface area contributed by atoms with Gasteiger partial charge in [-0.25, -0.2) is 8.42 Å². The molecule has 2 fully saturated rings. The first-order valence-corrected chi connectivity index (χ1v) is 10.6. The van der Waals surface area contributed by atoms with Crippen LogP contribution < -0.4 is 5.32 Å². The molecule has 0 spiro atoms. The van der Waals surface area contributed by atoms with Gasteiger partial charge in [-0.05, 0) is 43.2 Å². The number of sulfonamides is 1. The molecule has 2 bridgehead atoms. The summed E-state index contributed by atoms with van der Waals surface area (Å²) in [7, 11) is -3.49. The summed E-state index contributed by atoms with van der Waals surface area (Å²) in [5.41, 5.74) is 0.657. The van der Waals surface area contributed by atoms with Crippen LogP contribution in [-0.4, -0.2) is 46.5 Å². The maximum Gasteiger partial charge on any atom is 0.244 e. The van der Waals surface area contributed by atoms with Crippen molar-refractivity contribution in [1.29, 1.82) is 0 Å². The summed E-state index contributed by atoms with van der Waals surface area (Å²) in [5.74, 6) is 2.18. The average Bonchev–Trinajstić information content (AvgIpc) is 3.31. The van der Waals surface area contributed by atoms with Crippen LogP contribution in [0.4, 0.5) is 5.95 Å². The first-order valence-electron chi connectivity index (χ1n) is 9.14. The lowest BCUT2D eigenvalue weighted by atomic mass is 9.95. The third kappa shape index (κ3) is 2.81. The highest BCUT2D eigenvalue weighted by atomic mass is 32.2. The maximum atomic E-state index is 12.8. The molecule has 2 aromatic rings. The van der Waals surface area contributed by atoms with Crippen LogP contribution >= 0.6 is 0 Å². The molecule has 4 rings (SSSR count). The second-order valence-electron chi connectivity index (χ2n) is 7.13. The molecular formula is C17H25N5O2S. The fraction of sp³-hybridized carbons (Fsp3) is 0.647. The third-order valence-electron chi connectivity index (χ3n) is 5.77. The molecule has 0 aliphatic heterocycles. The fourth-order valence-electron chi connectivity index (χ4n) is 4.42. The van der Waals surface area contributed by atoms with Gasteiger partial charge in [0.2, 0.25) is 16.0 Å². The van der Waals surface area contributed by atoms with E-state index in [1.807, 2.05) is 13.8 Å². The smallest absolute Gasteiger partial charge is 0.244 e. The Balaban J connectivity index is 1.66. The molecule has 8 heteroatoms. The molecule has 0 saturated heterocycles. The van der Waals surface area contributed by atoms with Crippen molar-refractivity contribution >= 4 is 21.6 Å². The van der Waals surface area contributed by atoms with Gasteiger partial charge in [0.1, 0.15) is 0 Å². The Bertz CT molecular complexity index is 874. The SMILES string of the molecule is CCN(CC)S(=O)(=O)c1ccc2nnc(N[C@@H]3CC4CC[C@@H]3C4)n2c1. The first-order chi connectivity index (χ1) is 12.0. The Morgan fingerprint density at radius 3 is 2.64 bits per heavy atom. The van der Waals surface area contributed by atoms with E-state index in [0.29, 0.717) is 36.6 Å². The van der Waals surface area contributed by atoms with Crippen LogP contribution in [0.2, 0.25) is 0 Å². The standard InChI is InChI=1S/C17H25N5O2S/c1-3-21(4-2)25(23,24)14-7-8-16-19-20-17(22(16)11-14)18-15-10-12-5-6-13(15)9-12/h7-8,11-13,15H,3-6,9-10H2,1-2H3,(H,18,20)/t12?,13-,15-/m1/s1. The average molecular weight is 363 g/mol. The van der Waals surface area contributed by atoms with Gasteiger partial charge >= 0.3 is 0 Å². The molecule has 25 heavy (non-hydrogen) atoms. The second-order valence-corrected chi connectivity index (χ2v) is 9.07. The quantitative estimate of drug-likeness (QED) is 0.852. The number of anilines is 1. The van der Waals surface area contributed by atoms with Gasteiger partial charge in [-0.1, -0.05) is 20.3 Å². The highest BCUT2D eigenvalue weighted by molar-refractivity contribution is 7.89. The van der Waals surface area contributed by atoms with Gasteiger partial charge < -0.3 is 5.32 Å². The number of aromatic nitrogens is 3. The summed E-state index contributed by atoms with van der Waals surface area (Å²) >= 11 is 0. The molecule has 2 aromatic heterocycles. The number of fused-ring (bicyclic) bond motifs is 3. The van der Waals surface area contributed by atoms with Crippen molar-refractivity contribution in [3.05, 3.63) is 18.3 Å². The number of hydrogen-bond donors (Lipinski definition) is 1. The van der Waals surface area contributed by atoms with Crippen LogP contribution in [0.15, 0.2) is 23.2 Å². The van der Waals surface area contributed by atoms with E-state index in [0.717, 1.165) is 5.92 Å². The minimum atomic E-state index is -3.49. The summed E-state index contributed by atoms with van der Waals surface area (Å²) in [6.45, 7) is 4.60. The van der Waals surface area contributed by atoms with Crippen LogP contribution in [-0.2, 0) is 10.0 Å². The van der Waals surface area contributed by atoms with E-state index in [4.69, 9.17) is 0 Å². The van der Waals surface area contributed by atoms with Gasteiger partial charge in [0.05, 0.1) is 4.90 Å². The molecule has 0 radical (unpaired) electrons. The van der Waals surface area contributed by atoms with Crippen molar-refractivity contribution in [2.75, 3.05) is 18.4 Å². The molecule has 2 aliphatic carbocycles. The largest absolute Gasteiger partial charge is 0.351 e. The summed E-state index contributed by atoms with van der Waals surface area (Å²) in [5, 5.41) is 11.9. The van der Waals surface area contributed by atoms with Crippen molar-refractivity contribution in [3.63, 3.8) is 0 Å². The van der Waals surface area contributed by atoms with E-state index >= 15 is 0 Å².